The van der Waals surface area contributed by atoms with Crippen LogP contribution in [0.1, 0.15) is 7.43 Å². The molecule has 0 aromatic heterocycles. The van der Waals surface area contributed by atoms with Gasteiger partial charge in [0.25, 0.3) is 0 Å². The van der Waals surface area contributed by atoms with Crippen molar-refractivity contribution in [2.24, 2.45) is 0 Å². The van der Waals surface area contributed by atoms with Crippen LogP contribution in [0, 0.1) is 0 Å². The van der Waals surface area contributed by atoms with E-state index in [1.54, 1.807) is 0 Å². The summed E-state index contributed by atoms with van der Waals surface area (Å²) in [5, 5.41) is 0. The molecule has 0 aromatic carbocycles. The zero-order chi connectivity index (χ0) is 0. The molecule has 0 saturated carbocycles. The van der Waals surface area contributed by atoms with Gasteiger partial charge in [-0.25, -0.2) is 0 Å². The van der Waals surface area contributed by atoms with E-state index in [1.165, 1.54) is 0 Å². The van der Waals surface area contributed by atoms with Crippen molar-refractivity contribution >= 4 is 11.0 Å². The molecule has 2 N–H and O–H groups in total. The summed E-state index contributed by atoms with van der Waals surface area (Å²) < 4.78 is 0. The van der Waals surface area contributed by atoms with E-state index < -0.39 is 0 Å². The fraction of sp³-hybridized carbons (Fsp3) is 1.00. The third-order valence-electron chi connectivity index (χ3n) is 0. The summed E-state index contributed by atoms with van der Waals surface area (Å²) in [6.45, 7) is 0. The molecule has 0 aromatic rings. The first-order chi connectivity index (χ1) is 0. The molecule has 0 spiro atoms. The van der Waals surface area contributed by atoms with E-state index in [-0.39, 0.29) is 49.7 Å². The normalized spacial score (nSPS) is 0. The molecule has 0 aliphatic rings. The minimum atomic E-state index is 0. The van der Waals surface area contributed by atoms with E-state index in [2.05, 4.69) is 0 Å². The van der Waals surface area contributed by atoms with Crippen LogP contribution in [0.15, 0.2) is 0 Å². The van der Waals surface area contributed by atoms with E-state index in [0.29, 0.717) is 0 Å². The van der Waals surface area contributed by atoms with E-state index in [9.17, 15) is 0 Å². The average Bonchev–Trinajstić information content (AvgIpc) is 0. The van der Waals surface area contributed by atoms with Gasteiger partial charge in [0.2, 0.25) is 0 Å². The Balaban J connectivity index is 0. The average molecular weight is 245 g/mol. The number of hydrogen-bond donors (Lipinski definition) is 0. The van der Waals surface area contributed by atoms with Gasteiger partial charge in [0, 0.05) is 25.8 Å². The van der Waals surface area contributed by atoms with Gasteiger partial charge in [0.15, 0.2) is 0 Å². The molecule has 0 unspecified atom stereocenters. The predicted molar refractivity (Wildman–Crippen MR) is 21.7 cm³/mol. The Morgan fingerprint density at radius 3 is 1.00 bits per heavy atom. The van der Waals surface area contributed by atoms with Crippen LogP contribution in [0.2, 0.25) is 0 Å². The molecule has 0 fully saturated rings. The second-order valence-corrected chi connectivity index (χ2v) is 0. The van der Waals surface area contributed by atoms with Crippen LogP contribution >= 0.6 is 0 Å². The Labute approximate surface area is 49.9 Å². The second-order valence-electron chi connectivity index (χ2n) is 0. The molecular weight excluding hydrogens is 235 g/mol. The van der Waals surface area contributed by atoms with E-state index in [1.807, 2.05) is 0 Å². The zero-order valence-electron chi connectivity index (χ0n) is 1.00. The van der Waals surface area contributed by atoms with Crippen molar-refractivity contribution in [2.45, 2.75) is 7.43 Å². The number of hydrogen-bond acceptors (Lipinski definition) is 0. The van der Waals surface area contributed by atoms with Crippen molar-refractivity contribution in [3.63, 3.8) is 0 Å². The van der Waals surface area contributed by atoms with Crippen LogP contribution in [-0.2, 0) is 25.8 Å². The topological polar surface area (TPSA) is 31.5 Å². The molecule has 0 bridgehead atoms. The smallest absolute Gasteiger partial charge is 0 e. The first-order valence-electron chi connectivity index (χ1n) is 0. The first-order valence-corrected chi connectivity index (χ1v) is 0. The standard InChI is InChI=1S/CH4.Hf.H2O.H4Si/h1H4;;1H2;1H4. The Kier molecular flexibility index (Phi) is 646. The Hall–Kier alpha value is 1.05. The summed E-state index contributed by atoms with van der Waals surface area (Å²) in [5.41, 5.74) is 0. The van der Waals surface area contributed by atoms with Gasteiger partial charge < -0.3 is 5.48 Å². The second kappa shape index (κ2) is 34.3. The largest absolute Gasteiger partial charge is 0.412 e. The minimum absolute atomic E-state index is 0. The summed E-state index contributed by atoms with van der Waals surface area (Å²) in [6.07, 6.45) is 0. The van der Waals surface area contributed by atoms with Crippen LogP contribution < -0.4 is 0 Å². The van der Waals surface area contributed by atoms with Crippen molar-refractivity contribution in [3.8, 4) is 0 Å². The van der Waals surface area contributed by atoms with Gasteiger partial charge in [-0.2, -0.15) is 0 Å². The van der Waals surface area contributed by atoms with Crippen LogP contribution in [0.25, 0.3) is 0 Å². The zero-order valence-corrected chi connectivity index (χ0v) is 4.59. The molecule has 0 aliphatic heterocycles. The molecule has 28 valence electrons. The van der Waals surface area contributed by atoms with Gasteiger partial charge in [-0.1, -0.05) is 7.43 Å². The van der Waals surface area contributed by atoms with Crippen LogP contribution in [0.3, 0.4) is 0 Å². The van der Waals surface area contributed by atoms with Gasteiger partial charge in [0.05, 0.1) is 0 Å². The Morgan fingerprint density at radius 2 is 1.00 bits per heavy atom. The molecule has 0 saturated heterocycles. The minimum Gasteiger partial charge on any atom is -0.412 e. The molecule has 0 radical (unpaired) electrons. The van der Waals surface area contributed by atoms with Crippen molar-refractivity contribution < 1.29 is 31.3 Å². The maximum atomic E-state index is 0. The van der Waals surface area contributed by atoms with Gasteiger partial charge in [-0.15, -0.1) is 0 Å². The molecule has 1 nitrogen and oxygen atoms in total. The monoisotopic (exact) mass is 246 g/mol. The number of rotatable bonds is 0. The van der Waals surface area contributed by atoms with Gasteiger partial charge in [-0.05, 0) is 11.0 Å². The molecule has 4 heavy (non-hydrogen) atoms. The first kappa shape index (κ1) is 75.4. The maximum Gasteiger partial charge on any atom is 0 e. The summed E-state index contributed by atoms with van der Waals surface area (Å²) in [4.78, 5) is 0. The molecule has 0 heterocycles. The molecule has 0 aliphatic carbocycles. The maximum absolute atomic E-state index is 0. The molecular formula is CH10HfOSi. The Morgan fingerprint density at radius 1 is 1.00 bits per heavy atom. The van der Waals surface area contributed by atoms with E-state index in [0.717, 1.165) is 0 Å². The fourth-order valence-electron chi connectivity index (χ4n) is 0. The third-order valence-corrected chi connectivity index (χ3v) is 0. The molecule has 0 amide bonds. The van der Waals surface area contributed by atoms with Crippen molar-refractivity contribution in [1.82, 2.24) is 0 Å². The quantitative estimate of drug-likeness (QED) is 0.458. The van der Waals surface area contributed by atoms with Gasteiger partial charge in [-0.3, -0.25) is 0 Å². The van der Waals surface area contributed by atoms with Crippen molar-refractivity contribution in [3.05, 3.63) is 0 Å². The summed E-state index contributed by atoms with van der Waals surface area (Å²) in [5.74, 6) is 0. The predicted octanol–water partition coefficient (Wildman–Crippen LogP) is -1.64. The molecule has 0 atom stereocenters. The summed E-state index contributed by atoms with van der Waals surface area (Å²) in [7, 11) is 0. The summed E-state index contributed by atoms with van der Waals surface area (Å²) in [6, 6.07) is 0. The van der Waals surface area contributed by atoms with Crippen LogP contribution in [-0.4, -0.2) is 16.4 Å². The van der Waals surface area contributed by atoms with Crippen molar-refractivity contribution in [1.29, 1.82) is 0 Å². The van der Waals surface area contributed by atoms with Gasteiger partial charge in [0.1, 0.15) is 0 Å². The van der Waals surface area contributed by atoms with E-state index >= 15 is 0 Å². The molecule has 3 heteroatoms. The molecule has 0 rings (SSSR count). The Bertz CT molecular complexity index is 8.00. The fourth-order valence-corrected chi connectivity index (χ4v) is 0. The van der Waals surface area contributed by atoms with E-state index in [4.69, 9.17) is 0 Å². The SMILES string of the molecule is C.O.[Hf].[SiH4]. The third kappa shape index (κ3) is 11.6. The van der Waals surface area contributed by atoms with Crippen molar-refractivity contribution in [2.75, 3.05) is 0 Å². The van der Waals surface area contributed by atoms with Crippen LogP contribution in [0.5, 0.6) is 0 Å². The van der Waals surface area contributed by atoms with Crippen LogP contribution in [0.4, 0.5) is 0 Å². The summed E-state index contributed by atoms with van der Waals surface area (Å²) >= 11 is 0. The van der Waals surface area contributed by atoms with Gasteiger partial charge >= 0.3 is 0 Å².